The van der Waals surface area contributed by atoms with Gasteiger partial charge in [-0.25, -0.2) is 0 Å². The Morgan fingerprint density at radius 1 is 1.05 bits per heavy atom. The molecule has 106 valence electrons. The largest absolute Gasteiger partial charge is 0.459 e. The Labute approximate surface area is 127 Å². The topological polar surface area (TPSA) is 96.5 Å². The molecule has 22 heavy (non-hydrogen) atoms. The molecular formula is C17H12N4O. The summed E-state index contributed by atoms with van der Waals surface area (Å²) in [6.07, 6.45) is 4.18. The summed E-state index contributed by atoms with van der Waals surface area (Å²) >= 11 is 0. The minimum Gasteiger partial charge on any atom is -0.459 e. The highest BCUT2D eigenvalue weighted by molar-refractivity contribution is 5.93. The van der Waals surface area contributed by atoms with Crippen LogP contribution in [0.1, 0.15) is 24.2 Å². The zero-order chi connectivity index (χ0) is 15.5. The van der Waals surface area contributed by atoms with Crippen molar-refractivity contribution in [2.75, 3.05) is 5.32 Å². The molecule has 1 aromatic carbocycles. The van der Waals surface area contributed by atoms with E-state index in [1.807, 2.05) is 18.2 Å². The molecule has 0 amide bonds. The maximum absolute atomic E-state index is 9.15. The van der Waals surface area contributed by atoms with E-state index in [0.29, 0.717) is 11.3 Å². The van der Waals surface area contributed by atoms with Crippen LogP contribution in [-0.2, 0) is 12.8 Å². The highest BCUT2D eigenvalue weighted by Crippen LogP contribution is 2.35. The van der Waals surface area contributed by atoms with Gasteiger partial charge in [-0.3, -0.25) is 0 Å². The number of nitrogens with zero attached hydrogens (tertiary/aromatic N) is 3. The van der Waals surface area contributed by atoms with Gasteiger partial charge in [0, 0.05) is 17.4 Å². The van der Waals surface area contributed by atoms with E-state index in [1.165, 1.54) is 5.56 Å². The Kier molecular flexibility index (Phi) is 3.52. The molecule has 5 nitrogen and oxygen atoms in total. The number of aryl methyl sites for hydroxylation is 2. The smallest absolute Gasteiger partial charge is 0.163 e. The van der Waals surface area contributed by atoms with Gasteiger partial charge >= 0.3 is 0 Å². The zero-order valence-electron chi connectivity index (χ0n) is 11.8. The van der Waals surface area contributed by atoms with Crippen molar-refractivity contribution in [3.05, 3.63) is 40.8 Å². The van der Waals surface area contributed by atoms with Crippen LogP contribution in [0.2, 0.25) is 0 Å². The number of benzene rings is 1. The van der Waals surface area contributed by atoms with Crippen LogP contribution in [0, 0.1) is 34.0 Å². The van der Waals surface area contributed by atoms with Gasteiger partial charge < -0.3 is 9.73 Å². The normalized spacial score (nSPS) is 12.6. The quantitative estimate of drug-likeness (QED) is 0.852. The Bertz CT molecular complexity index is 884. The lowest BCUT2D eigenvalue weighted by Crippen LogP contribution is -2.00. The fourth-order valence-corrected chi connectivity index (χ4v) is 2.80. The average Bonchev–Trinajstić information content (AvgIpc) is 2.94. The van der Waals surface area contributed by atoms with Gasteiger partial charge in [-0.15, -0.1) is 0 Å². The average molecular weight is 288 g/mol. The van der Waals surface area contributed by atoms with Crippen molar-refractivity contribution in [3.63, 3.8) is 0 Å². The van der Waals surface area contributed by atoms with Crippen LogP contribution in [0.4, 0.5) is 5.69 Å². The van der Waals surface area contributed by atoms with Gasteiger partial charge in [0.1, 0.15) is 29.7 Å². The summed E-state index contributed by atoms with van der Waals surface area (Å²) in [5, 5.41) is 30.9. The van der Waals surface area contributed by atoms with E-state index in [1.54, 1.807) is 18.2 Å². The fourth-order valence-electron chi connectivity index (χ4n) is 2.80. The molecule has 0 bridgehead atoms. The summed E-state index contributed by atoms with van der Waals surface area (Å²) in [4.78, 5) is 0. The van der Waals surface area contributed by atoms with Crippen LogP contribution >= 0.6 is 0 Å². The number of nitriles is 3. The lowest BCUT2D eigenvalue weighted by molar-refractivity contribution is 0.506. The molecule has 0 saturated carbocycles. The van der Waals surface area contributed by atoms with Crippen molar-refractivity contribution in [1.29, 1.82) is 15.8 Å². The summed E-state index contributed by atoms with van der Waals surface area (Å²) in [5.41, 5.74) is 2.21. The van der Waals surface area contributed by atoms with Crippen LogP contribution in [0.25, 0.3) is 11.0 Å². The van der Waals surface area contributed by atoms with Gasteiger partial charge in [-0.2, -0.15) is 15.8 Å². The Balaban J connectivity index is 2.12. The molecule has 0 atom stereocenters. The van der Waals surface area contributed by atoms with Crippen LogP contribution in [-0.4, -0.2) is 0 Å². The lowest BCUT2D eigenvalue weighted by Gasteiger charge is -2.08. The van der Waals surface area contributed by atoms with E-state index in [9.17, 15) is 0 Å². The predicted molar refractivity (Wildman–Crippen MR) is 80.3 cm³/mol. The van der Waals surface area contributed by atoms with E-state index in [2.05, 4.69) is 5.32 Å². The molecule has 1 aliphatic carbocycles. The highest BCUT2D eigenvalue weighted by Gasteiger charge is 2.20. The van der Waals surface area contributed by atoms with Crippen molar-refractivity contribution >= 4 is 16.7 Å². The van der Waals surface area contributed by atoms with Gasteiger partial charge in [0.05, 0.1) is 5.69 Å². The number of anilines is 1. The summed E-state index contributed by atoms with van der Waals surface area (Å²) in [6.45, 7) is 0. The number of fused-ring (bicyclic) bond motifs is 3. The number of nitrogens with one attached hydrogen (secondary N) is 1. The van der Waals surface area contributed by atoms with E-state index >= 15 is 0 Å². The van der Waals surface area contributed by atoms with Gasteiger partial charge in [0.25, 0.3) is 0 Å². The first-order valence-corrected chi connectivity index (χ1v) is 7.03. The molecular weight excluding hydrogens is 276 g/mol. The molecule has 1 aromatic heterocycles. The first-order chi connectivity index (χ1) is 10.8. The van der Waals surface area contributed by atoms with Crippen molar-refractivity contribution in [3.8, 4) is 18.2 Å². The van der Waals surface area contributed by atoms with E-state index in [-0.39, 0.29) is 11.3 Å². The van der Waals surface area contributed by atoms with Crippen LogP contribution in [0.15, 0.2) is 33.9 Å². The number of para-hydroxylation sites is 1. The molecule has 0 radical (unpaired) electrons. The van der Waals surface area contributed by atoms with E-state index in [4.69, 9.17) is 20.2 Å². The molecule has 0 unspecified atom stereocenters. The Morgan fingerprint density at radius 3 is 2.55 bits per heavy atom. The van der Waals surface area contributed by atoms with Crippen molar-refractivity contribution in [2.45, 2.75) is 25.7 Å². The minimum absolute atomic E-state index is 0.0631. The third-order valence-corrected chi connectivity index (χ3v) is 3.83. The van der Waals surface area contributed by atoms with Gasteiger partial charge in [-0.1, -0.05) is 12.1 Å². The maximum atomic E-state index is 9.15. The summed E-state index contributed by atoms with van der Waals surface area (Å²) < 4.78 is 5.95. The van der Waals surface area contributed by atoms with Crippen LogP contribution < -0.4 is 5.32 Å². The number of hydrogen-bond acceptors (Lipinski definition) is 5. The summed E-state index contributed by atoms with van der Waals surface area (Å²) in [7, 11) is 0. The van der Waals surface area contributed by atoms with Crippen molar-refractivity contribution in [2.24, 2.45) is 0 Å². The summed E-state index contributed by atoms with van der Waals surface area (Å²) in [6, 6.07) is 11.0. The second-order valence-corrected chi connectivity index (χ2v) is 5.10. The maximum Gasteiger partial charge on any atom is 0.163 e. The van der Waals surface area contributed by atoms with Gasteiger partial charge in [0.2, 0.25) is 0 Å². The predicted octanol–water partition coefficient (Wildman–Crippen LogP) is 3.55. The molecule has 3 rings (SSSR count). The minimum atomic E-state index is -0.240. The molecule has 2 aromatic rings. The monoisotopic (exact) mass is 288 g/mol. The van der Waals surface area contributed by atoms with Crippen LogP contribution in [0.3, 0.4) is 0 Å². The third-order valence-electron chi connectivity index (χ3n) is 3.83. The van der Waals surface area contributed by atoms with Crippen molar-refractivity contribution < 1.29 is 4.42 Å². The Hall–Kier alpha value is -3.23. The zero-order valence-corrected chi connectivity index (χ0v) is 11.8. The highest BCUT2D eigenvalue weighted by atomic mass is 16.3. The molecule has 1 heterocycles. The third kappa shape index (κ3) is 2.18. The van der Waals surface area contributed by atoms with Gasteiger partial charge in [0.15, 0.2) is 11.2 Å². The first kappa shape index (κ1) is 13.7. The molecule has 1 N–H and O–H groups in total. The van der Waals surface area contributed by atoms with Gasteiger partial charge in [-0.05, 0) is 25.3 Å². The first-order valence-electron chi connectivity index (χ1n) is 7.03. The standard InChI is InChI=1S/C17H12N4O/c18-8-11(9-19)15(10-20)21-14-6-3-5-13-12-4-1-2-7-16(12)22-17(13)14/h3,5-6,21H,1-2,4,7H2. The molecule has 1 aliphatic rings. The number of furan rings is 1. The number of hydrogen-bond donors (Lipinski definition) is 1. The van der Waals surface area contributed by atoms with Crippen molar-refractivity contribution in [1.82, 2.24) is 0 Å². The summed E-state index contributed by atoms with van der Waals surface area (Å²) in [5.74, 6) is 0.999. The second kappa shape index (κ2) is 5.64. The Morgan fingerprint density at radius 2 is 1.82 bits per heavy atom. The second-order valence-electron chi connectivity index (χ2n) is 5.10. The number of rotatable bonds is 2. The number of allylic oxidation sites excluding steroid dienone is 2. The molecule has 0 fully saturated rings. The van der Waals surface area contributed by atoms with E-state index in [0.717, 1.165) is 36.8 Å². The molecule has 0 aliphatic heterocycles. The molecule has 0 spiro atoms. The lowest BCUT2D eigenvalue weighted by atomic mass is 9.96. The van der Waals surface area contributed by atoms with Crippen LogP contribution in [0.5, 0.6) is 0 Å². The SMILES string of the molecule is N#CC(C#N)=C(C#N)Nc1cccc2c3c(oc12)CCCC3. The fraction of sp³-hybridized carbons (Fsp3) is 0.235. The molecule has 5 heteroatoms. The molecule has 0 saturated heterocycles. The van der Waals surface area contributed by atoms with E-state index < -0.39 is 0 Å².